The van der Waals surface area contributed by atoms with Crippen molar-refractivity contribution in [3.63, 3.8) is 0 Å². The van der Waals surface area contributed by atoms with Gasteiger partial charge < -0.3 is 25.0 Å². The van der Waals surface area contributed by atoms with Crippen LogP contribution in [0, 0.1) is 5.92 Å². The highest BCUT2D eigenvalue weighted by molar-refractivity contribution is 5.95. The van der Waals surface area contributed by atoms with Crippen LogP contribution in [0.15, 0.2) is 18.2 Å². The van der Waals surface area contributed by atoms with Crippen molar-refractivity contribution in [2.75, 3.05) is 33.9 Å². The Labute approximate surface area is 183 Å². The molecule has 1 aromatic rings. The summed E-state index contributed by atoms with van der Waals surface area (Å²) < 4.78 is 10.8. The number of piperidine rings is 1. The Kier molecular flexibility index (Phi) is 8.14. The quantitative estimate of drug-likeness (QED) is 0.689. The number of nitrogens with zero attached hydrogens (tertiary/aromatic N) is 1. The van der Waals surface area contributed by atoms with Crippen LogP contribution in [0.5, 0.6) is 11.5 Å². The summed E-state index contributed by atoms with van der Waals surface area (Å²) in [4.78, 5) is 39.0. The maximum absolute atomic E-state index is 13.1. The molecule has 0 radical (unpaired) electrons. The lowest BCUT2D eigenvalue weighted by Gasteiger charge is -2.33. The van der Waals surface area contributed by atoms with Crippen molar-refractivity contribution in [2.24, 2.45) is 5.92 Å². The molecule has 2 aliphatic rings. The highest BCUT2D eigenvalue weighted by Crippen LogP contribution is 2.29. The normalized spacial score (nSPS) is 19.4. The Morgan fingerprint density at radius 1 is 1.06 bits per heavy atom. The van der Waals surface area contributed by atoms with Crippen molar-refractivity contribution < 1.29 is 23.9 Å². The van der Waals surface area contributed by atoms with Gasteiger partial charge in [0.1, 0.15) is 0 Å². The van der Waals surface area contributed by atoms with E-state index < -0.39 is 0 Å². The molecule has 170 valence electrons. The van der Waals surface area contributed by atoms with Gasteiger partial charge >= 0.3 is 0 Å². The highest BCUT2D eigenvalue weighted by atomic mass is 16.5. The summed E-state index contributed by atoms with van der Waals surface area (Å²) >= 11 is 0. The third-order valence-electron chi connectivity index (χ3n) is 6.08. The zero-order chi connectivity index (χ0) is 22.2. The summed E-state index contributed by atoms with van der Waals surface area (Å²) in [7, 11) is 3.02. The van der Waals surface area contributed by atoms with Gasteiger partial charge in [0.25, 0.3) is 11.8 Å². The Morgan fingerprint density at radius 2 is 1.84 bits per heavy atom. The van der Waals surface area contributed by atoms with Gasteiger partial charge in [-0.2, -0.15) is 0 Å². The molecule has 0 bridgehead atoms. The van der Waals surface area contributed by atoms with Gasteiger partial charge in [-0.15, -0.1) is 0 Å². The van der Waals surface area contributed by atoms with E-state index >= 15 is 0 Å². The number of likely N-dealkylation sites (tertiary alicyclic amines) is 1. The minimum Gasteiger partial charge on any atom is -0.493 e. The van der Waals surface area contributed by atoms with E-state index in [0.717, 1.165) is 25.7 Å². The molecule has 0 spiro atoms. The van der Waals surface area contributed by atoms with Gasteiger partial charge in [0.15, 0.2) is 18.1 Å². The van der Waals surface area contributed by atoms with Crippen LogP contribution in [0.2, 0.25) is 0 Å². The summed E-state index contributed by atoms with van der Waals surface area (Å²) in [5, 5.41) is 5.68. The van der Waals surface area contributed by atoms with Crippen LogP contribution in [0.3, 0.4) is 0 Å². The van der Waals surface area contributed by atoms with Gasteiger partial charge in [-0.25, -0.2) is 0 Å². The lowest BCUT2D eigenvalue weighted by molar-refractivity contribution is -0.127. The van der Waals surface area contributed by atoms with E-state index in [9.17, 15) is 14.4 Å². The summed E-state index contributed by atoms with van der Waals surface area (Å²) in [5.74, 6) is 0.292. The number of ether oxygens (including phenoxy) is 2. The number of hydrogen-bond acceptors (Lipinski definition) is 5. The third-order valence-corrected chi connectivity index (χ3v) is 6.08. The Balaban J connectivity index is 1.61. The number of nitrogens with one attached hydrogen (secondary N) is 2. The van der Waals surface area contributed by atoms with Gasteiger partial charge in [0.2, 0.25) is 5.91 Å². The zero-order valence-corrected chi connectivity index (χ0v) is 18.4. The van der Waals surface area contributed by atoms with Crippen molar-refractivity contribution in [3.8, 4) is 11.5 Å². The third kappa shape index (κ3) is 6.12. The standard InChI is InChI=1S/C23H33N3O5/c1-24-21(27)15-31-19-11-10-16(13-20(19)30-2)23(29)26-12-6-7-17(14-26)22(28)25-18-8-4-3-5-9-18/h10-11,13,17-18H,3-9,12,14-15H2,1-2H3,(H,24,27)(H,25,28). The number of rotatable bonds is 7. The van der Waals surface area contributed by atoms with Crippen LogP contribution < -0.4 is 20.1 Å². The molecule has 2 N–H and O–H groups in total. The summed E-state index contributed by atoms with van der Waals surface area (Å²) in [6.45, 7) is 0.919. The predicted molar refractivity (Wildman–Crippen MR) is 116 cm³/mol. The van der Waals surface area contributed by atoms with Gasteiger partial charge in [0, 0.05) is 31.7 Å². The smallest absolute Gasteiger partial charge is 0.257 e. The van der Waals surface area contributed by atoms with Crippen molar-refractivity contribution in [1.82, 2.24) is 15.5 Å². The van der Waals surface area contributed by atoms with Crippen molar-refractivity contribution >= 4 is 17.7 Å². The zero-order valence-electron chi connectivity index (χ0n) is 18.4. The molecule has 1 aromatic carbocycles. The molecule has 8 nitrogen and oxygen atoms in total. The minimum atomic E-state index is -0.256. The van der Waals surface area contributed by atoms with Crippen molar-refractivity contribution in [2.45, 2.75) is 51.0 Å². The number of amides is 3. The fraction of sp³-hybridized carbons (Fsp3) is 0.609. The lowest BCUT2D eigenvalue weighted by Crippen LogP contribution is -2.47. The monoisotopic (exact) mass is 431 g/mol. The number of carbonyl (C=O) groups excluding carboxylic acids is 3. The largest absolute Gasteiger partial charge is 0.493 e. The Hall–Kier alpha value is -2.77. The number of benzene rings is 1. The van der Waals surface area contributed by atoms with Gasteiger partial charge in [-0.05, 0) is 43.9 Å². The molecule has 1 saturated heterocycles. The molecular weight excluding hydrogens is 398 g/mol. The molecule has 8 heteroatoms. The van der Waals surface area contributed by atoms with E-state index in [4.69, 9.17) is 9.47 Å². The molecule has 1 atom stereocenters. The predicted octanol–water partition coefficient (Wildman–Crippen LogP) is 2.12. The van der Waals surface area contributed by atoms with Crippen molar-refractivity contribution in [3.05, 3.63) is 23.8 Å². The maximum atomic E-state index is 13.1. The molecule has 2 fully saturated rings. The summed E-state index contributed by atoms with van der Waals surface area (Å²) in [6.07, 6.45) is 7.30. The topological polar surface area (TPSA) is 97.0 Å². The van der Waals surface area contributed by atoms with Gasteiger partial charge in [-0.3, -0.25) is 14.4 Å². The first kappa shape index (κ1) is 22.9. The lowest BCUT2D eigenvalue weighted by atomic mass is 9.92. The van der Waals surface area contributed by atoms with Crippen molar-refractivity contribution in [1.29, 1.82) is 0 Å². The van der Waals surface area contributed by atoms with E-state index in [2.05, 4.69) is 10.6 Å². The second-order valence-electron chi connectivity index (χ2n) is 8.26. The van der Waals surface area contributed by atoms with Gasteiger partial charge in [0.05, 0.1) is 13.0 Å². The van der Waals surface area contributed by atoms with E-state index in [-0.39, 0.29) is 36.3 Å². The second-order valence-corrected chi connectivity index (χ2v) is 8.26. The maximum Gasteiger partial charge on any atom is 0.257 e. The van der Waals surface area contributed by atoms with Gasteiger partial charge in [-0.1, -0.05) is 19.3 Å². The van der Waals surface area contributed by atoms with Crippen LogP contribution in [0.4, 0.5) is 0 Å². The fourth-order valence-electron chi connectivity index (χ4n) is 4.26. The van der Waals surface area contributed by atoms with E-state index in [1.807, 2.05) is 0 Å². The van der Waals surface area contributed by atoms with Crippen LogP contribution >= 0.6 is 0 Å². The van der Waals surface area contributed by atoms with Crippen LogP contribution in [0.25, 0.3) is 0 Å². The first-order chi connectivity index (χ1) is 15.0. The average molecular weight is 432 g/mol. The molecule has 1 aliphatic heterocycles. The number of carbonyl (C=O) groups is 3. The average Bonchev–Trinajstić information content (AvgIpc) is 2.82. The molecule has 1 saturated carbocycles. The Morgan fingerprint density at radius 3 is 2.55 bits per heavy atom. The summed E-state index contributed by atoms with van der Waals surface area (Å²) in [5.41, 5.74) is 0.470. The molecule has 3 rings (SSSR count). The molecular formula is C23H33N3O5. The molecule has 1 heterocycles. The van der Waals surface area contributed by atoms with Crippen LogP contribution in [-0.4, -0.2) is 62.5 Å². The SMILES string of the molecule is CNC(=O)COc1ccc(C(=O)N2CCCC(C(=O)NC3CCCCC3)C2)cc1OC. The van der Waals surface area contributed by atoms with Crippen LogP contribution in [0.1, 0.15) is 55.3 Å². The Bertz CT molecular complexity index is 791. The van der Waals surface area contributed by atoms with E-state index in [0.29, 0.717) is 30.2 Å². The molecule has 1 aliphatic carbocycles. The minimum absolute atomic E-state index is 0.0694. The van der Waals surface area contributed by atoms with Crippen LogP contribution in [-0.2, 0) is 9.59 Å². The molecule has 1 unspecified atom stereocenters. The summed E-state index contributed by atoms with van der Waals surface area (Å²) in [6, 6.07) is 5.19. The van der Waals surface area contributed by atoms with E-state index in [1.54, 1.807) is 23.1 Å². The number of methoxy groups -OCH3 is 1. The molecule has 31 heavy (non-hydrogen) atoms. The first-order valence-corrected chi connectivity index (χ1v) is 11.1. The highest BCUT2D eigenvalue weighted by Gasteiger charge is 2.30. The second kappa shape index (κ2) is 11.0. The number of likely N-dealkylation sites (N-methyl/N-ethyl adjacent to an activating group) is 1. The van der Waals surface area contributed by atoms with E-state index in [1.165, 1.54) is 33.4 Å². The fourth-order valence-corrected chi connectivity index (χ4v) is 4.26. The molecule has 0 aromatic heterocycles. The number of hydrogen-bond donors (Lipinski definition) is 2. The first-order valence-electron chi connectivity index (χ1n) is 11.1. The molecule has 3 amide bonds.